The molecule has 6 heteroatoms. The monoisotopic (exact) mass is 412 g/mol. The van der Waals surface area contributed by atoms with Gasteiger partial charge in [-0.3, -0.25) is 9.69 Å². The van der Waals surface area contributed by atoms with Crippen molar-refractivity contribution in [1.82, 2.24) is 15.1 Å². The van der Waals surface area contributed by atoms with Crippen molar-refractivity contribution in [2.75, 3.05) is 58.3 Å². The van der Waals surface area contributed by atoms with Crippen molar-refractivity contribution in [2.45, 2.75) is 12.5 Å². The van der Waals surface area contributed by atoms with Crippen LogP contribution in [-0.2, 0) is 6.42 Å². The molecule has 2 aliphatic rings. The van der Waals surface area contributed by atoms with E-state index in [2.05, 4.69) is 52.3 Å². The number of piperazine rings is 1. The quantitative estimate of drug-likeness (QED) is 0.819. The minimum absolute atomic E-state index is 0.115. The van der Waals surface area contributed by atoms with Gasteiger partial charge in [-0.05, 0) is 42.8 Å². The minimum Gasteiger partial charge on any atom is -0.374 e. The summed E-state index contributed by atoms with van der Waals surface area (Å²) in [6.07, 6.45) is 1.08. The van der Waals surface area contributed by atoms with Gasteiger partial charge in [0.05, 0.1) is 16.6 Å². The lowest BCUT2D eigenvalue weighted by molar-refractivity contribution is 0.0886. The summed E-state index contributed by atoms with van der Waals surface area (Å²) in [5.41, 5.74) is 4.54. The molecule has 1 atom stereocenters. The molecule has 5 nitrogen and oxygen atoms in total. The number of nitrogens with one attached hydrogen (secondary N) is 1. The first-order valence-corrected chi connectivity index (χ1v) is 10.7. The summed E-state index contributed by atoms with van der Waals surface area (Å²) >= 11 is 6.21. The summed E-state index contributed by atoms with van der Waals surface area (Å²) in [4.78, 5) is 19.9. The number of carbonyl (C=O) groups is 1. The highest BCUT2D eigenvalue weighted by atomic mass is 35.5. The first-order chi connectivity index (χ1) is 14.0. The average molecular weight is 413 g/mol. The lowest BCUT2D eigenvalue weighted by Crippen LogP contribution is -2.48. The van der Waals surface area contributed by atoms with Gasteiger partial charge < -0.3 is 15.1 Å². The van der Waals surface area contributed by atoms with Gasteiger partial charge in [0.2, 0.25) is 0 Å². The van der Waals surface area contributed by atoms with Crippen LogP contribution in [0.15, 0.2) is 42.5 Å². The number of benzene rings is 2. The molecule has 2 aromatic rings. The third-order valence-corrected chi connectivity index (χ3v) is 6.50. The molecular formula is C23H29ClN4O. The Labute approximate surface area is 178 Å². The Hall–Kier alpha value is -2.08. The van der Waals surface area contributed by atoms with Crippen LogP contribution >= 0.6 is 11.6 Å². The first-order valence-electron chi connectivity index (χ1n) is 10.3. The van der Waals surface area contributed by atoms with Crippen LogP contribution in [0.3, 0.4) is 0 Å². The van der Waals surface area contributed by atoms with Crippen molar-refractivity contribution < 1.29 is 4.79 Å². The van der Waals surface area contributed by atoms with Crippen LogP contribution in [0.4, 0.5) is 5.69 Å². The van der Waals surface area contributed by atoms with Crippen molar-refractivity contribution in [3.8, 4) is 0 Å². The molecule has 2 aromatic carbocycles. The Balaban J connectivity index is 1.54. The topological polar surface area (TPSA) is 38.8 Å². The zero-order valence-electron chi connectivity index (χ0n) is 17.2. The van der Waals surface area contributed by atoms with Crippen molar-refractivity contribution >= 4 is 23.2 Å². The number of amides is 1. The van der Waals surface area contributed by atoms with Crippen LogP contribution in [0.5, 0.6) is 0 Å². The van der Waals surface area contributed by atoms with E-state index in [-0.39, 0.29) is 11.9 Å². The van der Waals surface area contributed by atoms with Gasteiger partial charge in [0, 0.05) is 52.0 Å². The van der Waals surface area contributed by atoms with Crippen LogP contribution in [0.25, 0.3) is 0 Å². The number of halogens is 1. The standard InChI is InChI=1S/C23H29ClN4O/c1-26-11-13-28(14-12-26)22(16-25-23(29)19-5-3-4-6-20(19)24)17-7-8-21-18(15-17)9-10-27(21)2/h3-8,15,22H,9-14,16H2,1-2H3,(H,25,29). The van der Waals surface area contributed by atoms with E-state index in [1.807, 2.05) is 12.1 Å². The maximum atomic E-state index is 12.7. The number of hydrogen-bond donors (Lipinski definition) is 1. The summed E-state index contributed by atoms with van der Waals surface area (Å²) in [6.45, 7) is 5.73. The van der Waals surface area contributed by atoms with Gasteiger partial charge in [0.25, 0.3) is 5.91 Å². The first kappa shape index (κ1) is 20.2. The smallest absolute Gasteiger partial charge is 0.252 e. The third kappa shape index (κ3) is 4.42. The van der Waals surface area contributed by atoms with Crippen LogP contribution < -0.4 is 10.2 Å². The van der Waals surface area contributed by atoms with Crippen molar-refractivity contribution in [3.63, 3.8) is 0 Å². The molecule has 0 bridgehead atoms. The molecule has 1 amide bonds. The van der Waals surface area contributed by atoms with Crippen LogP contribution in [-0.4, -0.2) is 69.1 Å². The third-order valence-electron chi connectivity index (χ3n) is 6.17. The molecule has 1 saturated heterocycles. The molecule has 29 heavy (non-hydrogen) atoms. The van der Waals surface area contributed by atoms with Crippen LogP contribution in [0.1, 0.15) is 27.5 Å². The predicted molar refractivity (Wildman–Crippen MR) is 119 cm³/mol. The van der Waals surface area contributed by atoms with E-state index in [4.69, 9.17) is 11.6 Å². The molecular weight excluding hydrogens is 384 g/mol. The highest BCUT2D eigenvalue weighted by Gasteiger charge is 2.26. The molecule has 0 saturated carbocycles. The SMILES string of the molecule is CN1CCN(C(CNC(=O)c2ccccc2Cl)c2ccc3c(c2)CCN3C)CC1. The van der Waals surface area contributed by atoms with Gasteiger partial charge in [0.15, 0.2) is 0 Å². The van der Waals surface area contributed by atoms with Crippen molar-refractivity contribution in [2.24, 2.45) is 0 Å². The number of hydrogen-bond acceptors (Lipinski definition) is 4. The molecule has 154 valence electrons. The highest BCUT2D eigenvalue weighted by Crippen LogP contribution is 2.31. The zero-order chi connectivity index (χ0) is 20.4. The Morgan fingerprint density at radius 3 is 2.59 bits per heavy atom. The van der Waals surface area contributed by atoms with Gasteiger partial charge >= 0.3 is 0 Å². The fourth-order valence-corrected chi connectivity index (χ4v) is 4.54. The molecule has 4 rings (SSSR count). The lowest BCUT2D eigenvalue weighted by atomic mass is 10.00. The zero-order valence-corrected chi connectivity index (χ0v) is 18.0. The normalized spacial score (nSPS) is 18.5. The molecule has 2 aliphatic heterocycles. The molecule has 1 N–H and O–H groups in total. The van der Waals surface area contributed by atoms with Crippen LogP contribution in [0.2, 0.25) is 5.02 Å². The maximum absolute atomic E-state index is 12.7. The highest BCUT2D eigenvalue weighted by molar-refractivity contribution is 6.33. The molecule has 1 fully saturated rings. The number of nitrogens with zero attached hydrogens (tertiary/aromatic N) is 3. The number of anilines is 1. The van der Waals surface area contributed by atoms with Crippen molar-refractivity contribution in [3.05, 3.63) is 64.2 Å². The van der Waals surface area contributed by atoms with Crippen molar-refractivity contribution in [1.29, 1.82) is 0 Å². The molecule has 0 aromatic heterocycles. The van der Waals surface area contributed by atoms with Gasteiger partial charge in [-0.25, -0.2) is 0 Å². The van der Waals surface area contributed by atoms with E-state index in [0.29, 0.717) is 17.1 Å². The molecule has 0 aliphatic carbocycles. The Kier molecular flexibility index (Phi) is 6.09. The van der Waals surface area contributed by atoms with Gasteiger partial charge in [-0.15, -0.1) is 0 Å². The number of likely N-dealkylation sites (N-methyl/N-ethyl adjacent to an activating group) is 2. The summed E-state index contributed by atoms with van der Waals surface area (Å²) < 4.78 is 0. The van der Waals surface area contributed by atoms with E-state index in [9.17, 15) is 4.79 Å². The molecule has 2 heterocycles. The molecule has 0 spiro atoms. The van der Waals surface area contributed by atoms with Gasteiger partial charge in [0.1, 0.15) is 0 Å². The molecule has 1 unspecified atom stereocenters. The van der Waals surface area contributed by atoms with E-state index >= 15 is 0 Å². The molecule has 0 radical (unpaired) electrons. The predicted octanol–water partition coefficient (Wildman–Crippen LogP) is 3.05. The fraction of sp³-hybridized carbons (Fsp3) is 0.435. The van der Waals surface area contributed by atoms with Gasteiger partial charge in [-0.2, -0.15) is 0 Å². The fourth-order valence-electron chi connectivity index (χ4n) is 4.32. The number of carbonyl (C=O) groups excluding carboxylic acids is 1. The van der Waals surface area contributed by atoms with E-state index in [1.165, 1.54) is 16.8 Å². The number of fused-ring (bicyclic) bond motifs is 1. The van der Waals surface area contributed by atoms with Crippen LogP contribution in [0, 0.1) is 0 Å². The van der Waals surface area contributed by atoms with E-state index in [0.717, 1.165) is 39.1 Å². The average Bonchev–Trinajstić information content (AvgIpc) is 3.10. The second-order valence-corrected chi connectivity index (χ2v) is 8.51. The van der Waals surface area contributed by atoms with E-state index in [1.54, 1.807) is 12.1 Å². The summed E-state index contributed by atoms with van der Waals surface area (Å²) in [5, 5.41) is 3.62. The lowest BCUT2D eigenvalue weighted by Gasteiger charge is -2.38. The minimum atomic E-state index is -0.115. The largest absolute Gasteiger partial charge is 0.374 e. The Bertz CT molecular complexity index is 879. The van der Waals surface area contributed by atoms with E-state index < -0.39 is 0 Å². The Morgan fingerprint density at radius 1 is 1.07 bits per heavy atom. The Morgan fingerprint density at radius 2 is 1.83 bits per heavy atom. The maximum Gasteiger partial charge on any atom is 0.252 e. The number of rotatable bonds is 5. The second kappa shape index (κ2) is 8.74. The summed E-state index contributed by atoms with van der Waals surface area (Å²) in [6, 6.07) is 14.2. The van der Waals surface area contributed by atoms with Gasteiger partial charge in [-0.1, -0.05) is 35.9 Å². The summed E-state index contributed by atoms with van der Waals surface area (Å²) in [5.74, 6) is -0.115. The summed E-state index contributed by atoms with van der Waals surface area (Å²) in [7, 11) is 4.31. The second-order valence-electron chi connectivity index (χ2n) is 8.10.